The van der Waals surface area contributed by atoms with Gasteiger partial charge < -0.3 is 68.6 Å². The lowest BCUT2D eigenvalue weighted by Crippen LogP contribution is -2.40. The van der Waals surface area contributed by atoms with Crippen molar-refractivity contribution in [3.05, 3.63) is 188 Å². The number of allylic oxidation sites excluding steroid dienone is 7. The zero-order chi connectivity index (χ0) is 105. The Hall–Kier alpha value is -14.2. The Bertz CT molecular complexity index is 5000. The number of benzene rings is 3. The molecule has 3 heterocycles. The zero-order valence-electron chi connectivity index (χ0n) is 80.5. The third-order valence-electron chi connectivity index (χ3n) is 25.3. The summed E-state index contributed by atoms with van der Waals surface area (Å²) < 4.78 is 36.3. The van der Waals surface area contributed by atoms with Crippen molar-refractivity contribution in [1.29, 1.82) is 0 Å². The van der Waals surface area contributed by atoms with Crippen LogP contribution in [0.1, 0.15) is 266 Å². The SMILES string of the molecule is C[C@@]1(C(=O)O)CC/C=C/[C@H](O)CC1.C[C@@]1(C(=O)ON2C(=O)CCC2=O)CC/C=C/[C@H](OC(=O)ON2C(=O)CCC2=O)CC1.C[C@@]1(C(=O)Oc2ccc([N+](=O)[O-])cc2)CC/C=C/[C@H](OC(=O)Oc2ccc([N+](=O)[O-])cc2)CC1.C[C@]1(C(=O)O)CC/C=C/[C@@H](O)CC1.C[C@]1(C(=O)O)CC/C=C/[C@@H](O)CC1.O=C(O[C@H]1/C=C/CCCCC1)ON1C(=O)CCC1=O.O=C(Oc1ccc([N+](=O)[O-])cc1)O[C@H]1/C=C/CCCCC1. The van der Waals surface area contributed by atoms with Gasteiger partial charge >= 0.3 is 54.5 Å². The monoisotopic (exact) mass is 2000 g/mol. The number of nitro benzene ring substituents is 3. The average molecular weight is 2000 g/mol. The van der Waals surface area contributed by atoms with Gasteiger partial charge in [-0.3, -0.25) is 88.0 Å². The molecule has 0 spiro atoms. The van der Waals surface area contributed by atoms with Crippen molar-refractivity contribution < 1.29 is 165 Å². The quantitative estimate of drug-likeness (QED) is 0.0101. The molecule has 0 bridgehead atoms. The molecule has 13 rings (SSSR count). The number of imide groups is 3. The van der Waals surface area contributed by atoms with Gasteiger partial charge in [0.05, 0.1) is 60.2 Å². The van der Waals surface area contributed by atoms with Crippen molar-refractivity contribution in [2.75, 3.05) is 0 Å². The molecule has 778 valence electrons. The molecule has 10 aliphatic rings. The minimum Gasteiger partial charge on any atom is -0.481 e. The van der Waals surface area contributed by atoms with Crippen molar-refractivity contribution in [1.82, 2.24) is 15.2 Å². The third-order valence-corrected chi connectivity index (χ3v) is 25.3. The molecule has 143 heavy (non-hydrogen) atoms. The number of hydrogen-bond acceptors (Lipinski definition) is 34. The Balaban J connectivity index is 0.000000234. The van der Waals surface area contributed by atoms with Gasteiger partial charge in [0.2, 0.25) is 0 Å². The highest BCUT2D eigenvalue weighted by molar-refractivity contribution is 6.03. The molecule has 0 unspecified atom stereocenters. The van der Waals surface area contributed by atoms with Crippen LogP contribution in [0.5, 0.6) is 17.2 Å². The third kappa shape index (κ3) is 39.3. The van der Waals surface area contributed by atoms with Crippen LogP contribution in [0.2, 0.25) is 0 Å². The van der Waals surface area contributed by atoms with Gasteiger partial charge in [0.15, 0.2) is 0 Å². The topological polar surface area (TPSA) is 609 Å². The summed E-state index contributed by atoms with van der Waals surface area (Å²) in [6.45, 7) is 8.66. The van der Waals surface area contributed by atoms with Crippen LogP contribution >= 0.6 is 0 Å². The molecule has 3 aromatic carbocycles. The van der Waals surface area contributed by atoms with Gasteiger partial charge in [-0.2, -0.15) is 0 Å². The average Bonchev–Trinajstić information content (AvgIpc) is 1.80. The summed E-state index contributed by atoms with van der Waals surface area (Å²) in [6, 6.07) is 15.5. The molecule has 6 N–H and O–H groups in total. The fourth-order valence-corrected chi connectivity index (χ4v) is 15.6. The summed E-state index contributed by atoms with van der Waals surface area (Å²) in [5.74, 6) is -6.30. The minimum absolute atomic E-state index is 0.00557. The molecule has 3 fully saturated rings. The Labute approximate surface area is 824 Å². The minimum atomic E-state index is -1.20. The van der Waals surface area contributed by atoms with Gasteiger partial charge in [-0.15, -0.1) is 5.06 Å². The van der Waals surface area contributed by atoms with Gasteiger partial charge in [0.1, 0.15) is 41.7 Å². The van der Waals surface area contributed by atoms with E-state index in [-0.39, 0.29) is 97.9 Å². The smallest absolute Gasteiger partial charge is 0.481 e. The van der Waals surface area contributed by atoms with Crippen LogP contribution in [0.3, 0.4) is 0 Å². The number of aliphatic hydroxyl groups is 3. The molecule has 0 aromatic heterocycles. The molecule has 3 aliphatic heterocycles. The first-order valence-corrected chi connectivity index (χ1v) is 47.5. The van der Waals surface area contributed by atoms with Crippen LogP contribution in [0, 0.1) is 57.4 Å². The lowest BCUT2D eigenvalue weighted by atomic mass is 9.79. The van der Waals surface area contributed by atoms with E-state index in [1.54, 1.807) is 77.2 Å². The summed E-state index contributed by atoms with van der Waals surface area (Å²) in [5.41, 5.74) is -4.16. The van der Waals surface area contributed by atoms with Crippen LogP contribution in [-0.2, 0) is 86.2 Å². The highest BCUT2D eigenvalue weighted by Crippen LogP contribution is 2.40. The van der Waals surface area contributed by atoms with E-state index in [0.717, 1.165) is 83.5 Å². The zero-order valence-corrected chi connectivity index (χ0v) is 80.5. The number of esters is 1. The Morgan fingerprint density at radius 2 is 0.538 bits per heavy atom. The molecule has 3 aromatic rings. The number of carboxylic acid groups (broad SMARTS) is 3. The molecule has 43 nitrogen and oxygen atoms in total. The highest BCUT2D eigenvalue weighted by atomic mass is 16.8. The van der Waals surface area contributed by atoms with Gasteiger partial charge in [0.25, 0.3) is 52.5 Å². The van der Waals surface area contributed by atoms with E-state index < -0.39 is 162 Å². The normalized spacial score (nSPS) is 27.4. The van der Waals surface area contributed by atoms with Gasteiger partial charge in [-0.05, 0) is 275 Å². The molecule has 0 saturated carbocycles. The first-order valence-electron chi connectivity index (χ1n) is 47.5. The summed E-state index contributed by atoms with van der Waals surface area (Å²) in [6.07, 6.45) is 38.7. The van der Waals surface area contributed by atoms with Crippen LogP contribution in [-0.4, -0.2) is 193 Å². The molecule has 7 aliphatic carbocycles. The number of ether oxygens (including phenoxy) is 7. The molecule has 43 heteroatoms. The predicted octanol–water partition coefficient (Wildman–Crippen LogP) is 17.2. The summed E-state index contributed by atoms with van der Waals surface area (Å²) in [5, 5.41) is 88.4. The second-order valence-corrected chi connectivity index (χ2v) is 36.9. The maximum absolute atomic E-state index is 12.9. The fraction of sp³-hybridized carbons (Fsp3) is 0.530. The molecule has 0 radical (unpaired) electrons. The van der Waals surface area contributed by atoms with Gasteiger partial charge in [-0.1, -0.05) is 83.7 Å². The van der Waals surface area contributed by atoms with Crippen molar-refractivity contribution >= 4 is 107 Å². The number of hydroxylamine groups is 6. The van der Waals surface area contributed by atoms with Crippen LogP contribution in [0.25, 0.3) is 0 Å². The second kappa shape index (κ2) is 57.0. The first kappa shape index (κ1) is 116. The number of rotatable bonds is 18. The standard InChI is InChI=1S/C23H22N2O9.C19H22N2O9.C15H17NO5.C13H17NO5.3C10H16O3/c1-23(21(26)32-19-9-5-16(6-10-19)24(28)29)14-3-2-4-18(13-15-23)33-22(27)34-20-11-7-17(8-12-20)25(30)31;1-19(17(26)29-20-13(22)5-6-14(20)23)10-3-2-4-12(9-11-19)28-18(27)30-21-15(24)7-8-16(21)25;17-15(20-13-6-4-2-1-3-5-7-13)21-14-10-8-12(9-11-14)16(18)19;15-11-8-9-12(16)14(11)19-13(17)18-10-6-4-2-1-3-5-7-10;3*1-10(9(12)13)6-3-2-4-8(11)5-7-10/h2,4-12,18H,3,13-15H2,1H3;2,4,12H,3,5-11H2,1H3;4,6,8-11,13H,1-3,5,7H2;4,6,10H,1-3,5,7-9H2;3*2,4,8,11H,3,5-7H2,1H3,(H,12,13)/b2*4-2+;2*6-4+;3*4-2+/t18-,23+;12-,19+;13-;10-;3*8-,10+/m0000110/s1. The number of nitrogens with zero attached hydrogens (tertiary/aromatic N) is 6. The fourth-order valence-electron chi connectivity index (χ4n) is 15.6. The highest BCUT2D eigenvalue weighted by Gasteiger charge is 2.44. The lowest BCUT2D eigenvalue weighted by molar-refractivity contribution is -0.385. The molecule has 6 amide bonds. The number of non-ortho nitro benzene ring substituents is 3. The number of carbonyl (C=O) groups excluding carboxylic acids is 12. The summed E-state index contributed by atoms with van der Waals surface area (Å²) >= 11 is 0. The van der Waals surface area contributed by atoms with Crippen LogP contribution in [0.15, 0.2) is 158 Å². The van der Waals surface area contributed by atoms with E-state index >= 15 is 0 Å². The maximum atomic E-state index is 12.9. The summed E-state index contributed by atoms with van der Waals surface area (Å²) in [4.78, 5) is 219. The molecular weight excluding hydrogens is 1880 g/mol. The number of carbonyl (C=O) groups is 15. The lowest BCUT2D eigenvalue weighted by Gasteiger charge is -2.30. The largest absolute Gasteiger partial charge is 0.534 e. The van der Waals surface area contributed by atoms with E-state index in [1.165, 1.54) is 72.8 Å². The van der Waals surface area contributed by atoms with Crippen molar-refractivity contribution in [2.45, 2.75) is 308 Å². The van der Waals surface area contributed by atoms with E-state index in [1.807, 2.05) is 42.5 Å². The number of hydrogen-bond donors (Lipinski definition) is 6. The van der Waals surface area contributed by atoms with Gasteiger partial charge in [0, 0.05) is 74.9 Å². The number of aliphatic hydroxyl groups excluding tert-OH is 3. The number of amides is 6. The van der Waals surface area contributed by atoms with E-state index in [4.69, 9.17) is 53.3 Å². The molecular formula is C100H126N6O37. The molecule has 3 saturated heterocycles. The summed E-state index contributed by atoms with van der Waals surface area (Å²) in [7, 11) is 0. The van der Waals surface area contributed by atoms with Crippen molar-refractivity contribution in [2.24, 2.45) is 27.1 Å². The van der Waals surface area contributed by atoms with Crippen molar-refractivity contribution in [3.8, 4) is 17.2 Å². The Morgan fingerprint density at radius 1 is 0.294 bits per heavy atom. The number of carboxylic acids is 3. The first-order chi connectivity index (χ1) is 67.8. The molecule has 12 atom stereocenters. The Morgan fingerprint density at radius 3 is 0.832 bits per heavy atom. The Kier molecular flexibility index (Phi) is 46.1. The van der Waals surface area contributed by atoms with E-state index in [2.05, 4.69) is 9.68 Å². The number of nitro groups is 3. The van der Waals surface area contributed by atoms with E-state index in [0.29, 0.717) is 112 Å². The van der Waals surface area contributed by atoms with Crippen molar-refractivity contribution in [3.63, 3.8) is 0 Å². The van der Waals surface area contributed by atoms with Crippen LogP contribution in [0.4, 0.5) is 36.2 Å². The maximum Gasteiger partial charge on any atom is 0.534 e. The predicted molar refractivity (Wildman–Crippen MR) is 503 cm³/mol. The van der Waals surface area contributed by atoms with Gasteiger partial charge in [-0.25, -0.2) is 24.0 Å². The van der Waals surface area contributed by atoms with Crippen LogP contribution < -0.4 is 14.2 Å². The second-order valence-electron chi connectivity index (χ2n) is 36.9. The number of aliphatic carboxylic acids is 3. The van der Waals surface area contributed by atoms with E-state index in [9.17, 15) is 118 Å².